The molecular weight excluding hydrogens is 252 g/mol. The van der Waals surface area contributed by atoms with E-state index in [1.54, 1.807) is 6.20 Å². The molecule has 0 aliphatic rings. The lowest BCUT2D eigenvalue weighted by molar-refractivity contribution is 0.617. The summed E-state index contributed by atoms with van der Waals surface area (Å²) in [5.41, 5.74) is 3.40. The average Bonchev–Trinajstić information content (AvgIpc) is 2.94. The first kappa shape index (κ1) is 14.6. The topological polar surface area (TPSA) is 80.3 Å². The van der Waals surface area contributed by atoms with Gasteiger partial charge in [0.1, 0.15) is 0 Å². The van der Waals surface area contributed by atoms with Crippen molar-refractivity contribution in [3.63, 3.8) is 0 Å². The molecule has 6 nitrogen and oxygen atoms in total. The number of hydrazine groups is 1. The summed E-state index contributed by atoms with van der Waals surface area (Å²) in [4.78, 5) is 8.71. The van der Waals surface area contributed by atoms with Gasteiger partial charge in [-0.05, 0) is 6.42 Å². The van der Waals surface area contributed by atoms with Gasteiger partial charge in [0, 0.05) is 18.9 Å². The highest BCUT2D eigenvalue weighted by molar-refractivity contribution is 5.65. The third-order valence-electron chi connectivity index (χ3n) is 3.34. The molecule has 0 spiro atoms. The molecule has 4 N–H and O–H groups in total. The van der Waals surface area contributed by atoms with Crippen molar-refractivity contribution in [2.24, 2.45) is 5.84 Å². The predicted octanol–water partition coefficient (Wildman–Crippen LogP) is 2.79. The number of anilines is 2. The Morgan fingerprint density at radius 2 is 2.00 bits per heavy atom. The summed E-state index contributed by atoms with van der Waals surface area (Å²) in [5, 5.41) is 3.35. The summed E-state index contributed by atoms with van der Waals surface area (Å²) in [6.07, 6.45) is 13.1. The Morgan fingerprint density at radius 3 is 2.80 bits per heavy atom. The molecule has 0 atom stereocenters. The van der Waals surface area contributed by atoms with E-state index >= 15 is 0 Å². The first-order chi connectivity index (χ1) is 9.85. The number of nitrogens with two attached hydrogens (primary N) is 1. The molecule has 0 saturated heterocycles. The fourth-order valence-corrected chi connectivity index (χ4v) is 2.23. The molecule has 2 aromatic rings. The lowest BCUT2D eigenvalue weighted by Gasteiger charge is -2.09. The minimum absolute atomic E-state index is 0.626. The monoisotopic (exact) mass is 276 g/mol. The van der Waals surface area contributed by atoms with Crippen LogP contribution in [0.15, 0.2) is 18.6 Å². The molecule has 0 fully saturated rings. The Hall–Kier alpha value is -1.82. The average molecular weight is 276 g/mol. The van der Waals surface area contributed by atoms with E-state index in [9.17, 15) is 0 Å². The largest absolute Gasteiger partial charge is 0.367 e. The number of aromatic nitrogens is 3. The molecule has 6 heteroatoms. The van der Waals surface area contributed by atoms with E-state index in [4.69, 9.17) is 5.84 Å². The number of nitrogen functional groups attached to an aromatic ring is 1. The zero-order valence-electron chi connectivity index (χ0n) is 12.1. The number of nitrogens with zero attached hydrogens (tertiary/aromatic N) is 3. The summed E-state index contributed by atoms with van der Waals surface area (Å²) in [5.74, 6) is 6.83. The zero-order valence-corrected chi connectivity index (χ0v) is 12.1. The number of unbranched alkanes of at least 4 members (excludes halogenated alkanes) is 5. The third-order valence-corrected chi connectivity index (χ3v) is 3.34. The van der Waals surface area contributed by atoms with Gasteiger partial charge in [0.15, 0.2) is 17.3 Å². The van der Waals surface area contributed by atoms with Crippen LogP contribution in [0, 0.1) is 0 Å². The number of rotatable bonds is 9. The van der Waals surface area contributed by atoms with Crippen LogP contribution in [0.25, 0.3) is 5.65 Å². The van der Waals surface area contributed by atoms with Gasteiger partial charge in [0.2, 0.25) is 0 Å². The van der Waals surface area contributed by atoms with E-state index in [1.807, 2.05) is 16.8 Å². The minimum Gasteiger partial charge on any atom is -0.367 e. The molecule has 0 aliphatic heterocycles. The van der Waals surface area contributed by atoms with Crippen LogP contribution in [0.1, 0.15) is 45.4 Å². The highest BCUT2D eigenvalue weighted by Crippen LogP contribution is 2.16. The van der Waals surface area contributed by atoms with E-state index in [0.29, 0.717) is 5.82 Å². The van der Waals surface area contributed by atoms with Gasteiger partial charge in [0.25, 0.3) is 0 Å². The van der Waals surface area contributed by atoms with Crippen molar-refractivity contribution < 1.29 is 0 Å². The number of imidazole rings is 1. The molecule has 0 aromatic carbocycles. The Kier molecular flexibility index (Phi) is 5.61. The van der Waals surface area contributed by atoms with Crippen LogP contribution >= 0.6 is 0 Å². The van der Waals surface area contributed by atoms with Gasteiger partial charge in [-0.15, -0.1) is 0 Å². The van der Waals surface area contributed by atoms with Crippen molar-refractivity contribution in [2.75, 3.05) is 17.3 Å². The summed E-state index contributed by atoms with van der Waals surface area (Å²) in [7, 11) is 0. The van der Waals surface area contributed by atoms with Gasteiger partial charge in [-0.2, -0.15) is 0 Å². The van der Waals surface area contributed by atoms with Crippen molar-refractivity contribution in [3.8, 4) is 0 Å². The highest BCUT2D eigenvalue weighted by Gasteiger charge is 2.06. The lowest BCUT2D eigenvalue weighted by atomic mass is 10.1. The third kappa shape index (κ3) is 3.84. The van der Waals surface area contributed by atoms with E-state index in [2.05, 4.69) is 27.6 Å². The lowest BCUT2D eigenvalue weighted by Crippen LogP contribution is -2.12. The molecule has 0 bridgehead atoms. The van der Waals surface area contributed by atoms with Crippen LogP contribution in [-0.2, 0) is 0 Å². The standard InChI is InChI=1S/C14H24N6/c1-2-3-4-5-6-7-8-16-13-14-17-9-10-20(14)11-12(18-13)19-15/h9-11,19H,2-8,15H2,1H3,(H,16,18). The molecule has 0 saturated carbocycles. The quantitative estimate of drug-likeness (QED) is 0.373. The molecule has 0 radical (unpaired) electrons. The Balaban J connectivity index is 1.84. The molecule has 0 aliphatic carbocycles. The number of hydrogen-bond donors (Lipinski definition) is 3. The zero-order chi connectivity index (χ0) is 14.2. The minimum atomic E-state index is 0.626. The SMILES string of the molecule is CCCCCCCCNc1nc(NN)cn2ccnc12. The Labute approximate surface area is 119 Å². The van der Waals surface area contributed by atoms with Crippen LogP contribution < -0.4 is 16.6 Å². The van der Waals surface area contributed by atoms with Gasteiger partial charge in [-0.3, -0.25) is 0 Å². The molecule has 0 unspecified atom stereocenters. The molecular formula is C14H24N6. The summed E-state index contributed by atoms with van der Waals surface area (Å²) in [6, 6.07) is 0. The number of hydrogen-bond acceptors (Lipinski definition) is 5. The van der Waals surface area contributed by atoms with Gasteiger partial charge < -0.3 is 15.1 Å². The fourth-order valence-electron chi connectivity index (χ4n) is 2.23. The Morgan fingerprint density at radius 1 is 1.20 bits per heavy atom. The summed E-state index contributed by atoms with van der Waals surface area (Å²) in [6.45, 7) is 3.15. The predicted molar refractivity (Wildman–Crippen MR) is 82.7 cm³/mol. The number of nitrogens with one attached hydrogen (secondary N) is 2. The number of fused-ring (bicyclic) bond motifs is 1. The van der Waals surface area contributed by atoms with Gasteiger partial charge in [-0.25, -0.2) is 15.8 Å². The Bertz CT molecular complexity index is 521. The van der Waals surface area contributed by atoms with Crippen LogP contribution in [0.3, 0.4) is 0 Å². The molecule has 2 heterocycles. The van der Waals surface area contributed by atoms with Crippen molar-refractivity contribution in [2.45, 2.75) is 45.4 Å². The first-order valence-electron chi connectivity index (χ1n) is 7.39. The second-order valence-electron chi connectivity index (χ2n) is 4.97. The summed E-state index contributed by atoms with van der Waals surface area (Å²) >= 11 is 0. The molecule has 2 rings (SSSR count). The van der Waals surface area contributed by atoms with Crippen LogP contribution in [0.2, 0.25) is 0 Å². The summed E-state index contributed by atoms with van der Waals surface area (Å²) < 4.78 is 1.91. The van der Waals surface area contributed by atoms with Crippen LogP contribution in [0.5, 0.6) is 0 Å². The van der Waals surface area contributed by atoms with Gasteiger partial charge in [0.05, 0.1) is 6.20 Å². The maximum Gasteiger partial charge on any atom is 0.180 e. The van der Waals surface area contributed by atoms with E-state index < -0.39 is 0 Å². The van der Waals surface area contributed by atoms with Crippen LogP contribution in [-0.4, -0.2) is 20.9 Å². The highest BCUT2D eigenvalue weighted by atomic mass is 15.3. The van der Waals surface area contributed by atoms with Crippen molar-refractivity contribution in [1.29, 1.82) is 0 Å². The van der Waals surface area contributed by atoms with Crippen molar-refractivity contribution in [1.82, 2.24) is 14.4 Å². The molecule has 2 aromatic heterocycles. The smallest absolute Gasteiger partial charge is 0.180 e. The maximum atomic E-state index is 5.43. The van der Waals surface area contributed by atoms with Gasteiger partial charge in [-0.1, -0.05) is 39.0 Å². The van der Waals surface area contributed by atoms with E-state index in [1.165, 1.54) is 32.1 Å². The molecule has 110 valence electrons. The molecule has 0 amide bonds. The van der Waals surface area contributed by atoms with Crippen molar-refractivity contribution >= 4 is 17.3 Å². The van der Waals surface area contributed by atoms with Crippen molar-refractivity contribution in [3.05, 3.63) is 18.6 Å². The first-order valence-corrected chi connectivity index (χ1v) is 7.39. The maximum absolute atomic E-state index is 5.43. The molecule has 20 heavy (non-hydrogen) atoms. The second-order valence-corrected chi connectivity index (χ2v) is 4.97. The normalized spacial score (nSPS) is 10.9. The van der Waals surface area contributed by atoms with E-state index in [-0.39, 0.29) is 0 Å². The van der Waals surface area contributed by atoms with E-state index in [0.717, 1.165) is 24.4 Å². The van der Waals surface area contributed by atoms with Gasteiger partial charge >= 0.3 is 0 Å². The second kappa shape index (κ2) is 7.69. The fraction of sp³-hybridized carbons (Fsp3) is 0.571. The van der Waals surface area contributed by atoms with Crippen LogP contribution in [0.4, 0.5) is 11.6 Å².